The topological polar surface area (TPSA) is 87.9 Å². The lowest BCUT2D eigenvalue weighted by atomic mass is 9.90. The fourth-order valence-electron chi connectivity index (χ4n) is 3.98. The van der Waals surface area contributed by atoms with Gasteiger partial charge in [-0.3, -0.25) is 4.79 Å². The Morgan fingerprint density at radius 2 is 1.73 bits per heavy atom. The van der Waals surface area contributed by atoms with Crippen LogP contribution >= 0.6 is 0 Å². The Balaban J connectivity index is 1.38. The van der Waals surface area contributed by atoms with Crippen molar-refractivity contribution in [2.75, 3.05) is 13.7 Å². The molecule has 0 bridgehead atoms. The van der Waals surface area contributed by atoms with E-state index in [0.717, 1.165) is 30.5 Å². The Hall–Kier alpha value is -3.61. The van der Waals surface area contributed by atoms with E-state index < -0.39 is 5.97 Å². The molecule has 1 aromatic heterocycles. The molecule has 1 aliphatic carbocycles. The van der Waals surface area contributed by atoms with E-state index in [4.69, 9.17) is 18.7 Å². The molecule has 3 aromatic rings. The lowest BCUT2D eigenvalue weighted by Crippen LogP contribution is -2.15. The van der Waals surface area contributed by atoms with Crippen LogP contribution in [-0.4, -0.2) is 30.6 Å². The second-order valence-corrected chi connectivity index (χ2v) is 8.15. The molecule has 4 rings (SSSR count). The zero-order valence-corrected chi connectivity index (χ0v) is 19.1. The van der Waals surface area contributed by atoms with Crippen molar-refractivity contribution in [1.29, 1.82) is 0 Å². The van der Waals surface area contributed by atoms with Crippen LogP contribution in [0.5, 0.6) is 11.5 Å². The number of methoxy groups -OCH3 is 1. The molecule has 0 amide bonds. The first-order valence-corrected chi connectivity index (χ1v) is 11.0. The SMILES string of the molecule is COc1cc(C(=O)OCC(=O)c2ccc3c(c2)CCCC3)ccc1OCc1c(C)noc1C. The van der Waals surface area contributed by atoms with Gasteiger partial charge in [0.15, 0.2) is 23.9 Å². The molecule has 0 fully saturated rings. The molecular formula is C26H27NO6. The van der Waals surface area contributed by atoms with Crippen LogP contribution in [0.25, 0.3) is 0 Å². The predicted octanol–water partition coefficient (Wildman–Crippen LogP) is 4.80. The first-order chi connectivity index (χ1) is 16.0. The average Bonchev–Trinajstić information content (AvgIpc) is 3.17. The van der Waals surface area contributed by atoms with E-state index >= 15 is 0 Å². The molecule has 0 radical (unpaired) electrons. The van der Waals surface area contributed by atoms with Gasteiger partial charge in [-0.05, 0) is 74.9 Å². The van der Waals surface area contributed by atoms with Crippen molar-refractivity contribution in [2.45, 2.75) is 46.1 Å². The number of ether oxygens (including phenoxy) is 3. The number of fused-ring (bicyclic) bond motifs is 1. The largest absolute Gasteiger partial charge is 0.493 e. The number of carbonyl (C=O) groups excluding carboxylic acids is 2. The lowest BCUT2D eigenvalue weighted by Gasteiger charge is -2.16. The number of hydrogen-bond donors (Lipinski definition) is 0. The summed E-state index contributed by atoms with van der Waals surface area (Å²) < 4.78 is 21.6. The summed E-state index contributed by atoms with van der Waals surface area (Å²) in [6.45, 7) is 3.61. The molecule has 7 heteroatoms. The van der Waals surface area contributed by atoms with Crippen LogP contribution in [0.2, 0.25) is 0 Å². The number of rotatable bonds is 8. The predicted molar refractivity (Wildman–Crippen MR) is 121 cm³/mol. The van der Waals surface area contributed by atoms with Crippen molar-refractivity contribution in [3.63, 3.8) is 0 Å². The fraction of sp³-hybridized carbons (Fsp3) is 0.346. The molecule has 0 spiro atoms. The molecule has 0 saturated heterocycles. The molecule has 0 unspecified atom stereocenters. The van der Waals surface area contributed by atoms with Gasteiger partial charge >= 0.3 is 5.97 Å². The molecule has 0 aliphatic heterocycles. The molecule has 7 nitrogen and oxygen atoms in total. The average molecular weight is 450 g/mol. The number of carbonyl (C=O) groups is 2. The van der Waals surface area contributed by atoms with E-state index in [-0.39, 0.29) is 24.6 Å². The van der Waals surface area contributed by atoms with Gasteiger partial charge in [0.2, 0.25) is 0 Å². The highest BCUT2D eigenvalue weighted by molar-refractivity contribution is 5.99. The zero-order chi connectivity index (χ0) is 23.4. The van der Waals surface area contributed by atoms with E-state index in [2.05, 4.69) is 5.16 Å². The molecule has 172 valence electrons. The van der Waals surface area contributed by atoms with Gasteiger partial charge in [-0.15, -0.1) is 0 Å². The number of Topliss-reactive ketones (excluding diaryl/α,β-unsaturated/α-hetero) is 1. The number of esters is 1. The summed E-state index contributed by atoms with van der Waals surface area (Å²) in [5, 5.41) is 3.91. The Labute approximate surface area is 192 Å². The van der Waals surface area contributed by atoms with Gasteiger partial charge in [-0.1, -0.05) is 17.3 Å². The normalized spacial score (nSPS) is 12.7. The highest BCUT2D eigenvalue weighted by Crippen LogP contribution is 2.30. The smallest absolute Gasteiger partial charge is 0.338 e. The molecule has 0 atom stereocenters. The summed E-state index contributed by atoms with van der Waals surface area (Å²) in [7, 11) is 1.49. The quantitative estimate of drug-likeness (QED) is 0.361. The van der Waals surface area contributed by atoms with Crippen LogP contribution < -0.4 is 9.47 Å². The number of nitrogens with zero attached hydrogens (tertiary/aromatic N) is 1. The second kappa shape index (κ2) is 9.90. The maximum Gasteiger partial charge on any atom is 0.338 e. The maximum absolute atomic E-state index is 12.6. The molecule has 1 aliphatic rings. The minimum atomic E-state index is -0.600. The van der Waals surface area contributed by atoms with Crippen LogP contribution in [0.15, 0.2) is 40.9 Å². The summed E-state index contributed by atoms with van der Waals surface area (Å²) in [4.78, 5) is 25.1. The standard InChI is InChI=1S/C26H27NO6/c1-16-22(17(2)33-27-16)14-31-24-11-10-21(13-25(24)30-3)26(29)32-15-23(28)20-9-8-18-6-4-5-7-19(18)12-20/h8-13H,4-7,14-15H2,1-3H3. The van der Waals surface area contributed by atoms with Gasteiger partial charge in [0.25, 0.3) is 0 Å². The van der Waals surface area contributed by atoms with Gasteiger partial charge < -0.3 is 18.7 Å². The molecule has 0 saturated carbocycles. The number of benzene rings is 2. The van der Waals surface area contributed by atoms with E-state index in [9.17, 15) is 9.59 Å². The van der Waals surface area contributed by atoms with Crippen molar-refractivity contribution < 1.29 is 28.3 Å². The molecule has 0 N–H and O–H groups in total. The summed E-state index contributed by atoms with van der Waals surface area (Å²) in [5.41, 5.74) is 4.99. The molecule has 33 heavy (non-hydrogen) atoms. The van der Waals surface area contributed by atoms with Crippen LogP contribution in [0.1, 0.15) is 61.7 Å². The van der Waals surface area contributed by atoms with Crippen LogP contribution in [0.4, 0.5) is 0 Å². The molecule has 1 heterocycles. The van der Waals surface area contributed by atoms with Crippen LogP contribution in [0, 0.1) is 13.8 Å². The van der Waals surface area contributed by atoms with Gasteiger partial charge in [-0.25, -0.2) is 4.79 Å². The number of ketones is 1. The number of aryl methyl sites for hydroxylation is 4. The lowest BCUT2D eigenvalue weighted by molar-refractivity contribution is 0.0474. The van der Waals surface area contributed by atoms with Crippen LogP contribution in [0.3, 0.4) is 0 Å². The monoisotopic (exact) mass is 449 g/mol. The number of aromatic nitrogens is 1. The van der Waals surface area contributed by atoms with Gasteiger partial charge in [0.05, 0.1) is 23.9 Å². The first kappa shape index (κ1) is 22.6. The van der Waals surface area contributed by atoms with Gasteiger partial charge in [0.1, 0.15) is 12.4 Å². The maximum atomic E-state index is 12.6. The van der Waals surface area contributed by atoms with Crippen molar-refractivity contribution in [3.8, 4) is 11.5 Å². The third-order valence-corrected chi connectivity index (χ3v) is 5.96. The number of hydrogen-bond acceptors (Lipinski definition) is 7. The Morgan fingerprint density at radius 1 is 0.970 bits per heavy atom. The third-order valence-electron chi connectivity index (χ3n) is 5.96. The second-order valence-electron chi connectivity index (χ2n) is 8.15. The summed E-state index contributed by atoms with van der Waals surface area (Å²) >= 11 is 0. The van der Waals surface area contributed by atoms with E-state index in [1.54, 1.807) is 12.1 Å². The zero-order valence-electron chi connectivity index (χ0n) is 19.1. The summed E-state index contributed by atoms with van der Waals surface area (Å²) in [6, 6.07) is 10.5. The van der Waals surface area contributed by atoms with Gasteiger partial charge in [-0.2, -0.15) is 0 Å². The van der Waals surface area contributed by atoms with Crippen molar-refractivity contribution in [1.82, 2.24) is 5.16 Å². The first-order valence-electron chi connectivity index (χ1n) is 11.0. The van der Waals surface area contributed by atoms with Crippen molar-refractivity contribution in [3.05, 3.63) is 75.7 Å². The minimum Gasteiger partial charge on any atom is -0.493 e. The van der Waals surface area contributed by atoms with Crippen LogP contribution in [-0.2, 0) is 24.2 Å². The Bertz CT molecular complexity index is 1160. The minimum absolute atomic E-state index is 0.219. The highest BCUT2D eigenvalue weighted by Gasteiger charge is 2.17. The highest BCUT2D eigenvalue weighted by atomic mass is 16.5. The van der Waals surface area contributed by atoms with E-state index in [1.165, 1.54) is 30.7 Å². The third kappa shape index (κ3) is 5.08. The van der Waals surface area contributed by atoms with E-state index in [1.807, 2.05) is 32.0 Å². The Kier molecular flexibility index (Phi) is 6.77. The van der Waals surface area contributed by atoms with Crippen molar-refractivity contribution in [2.24, 2.45) is 0 Å². The molecular weight excluding hydrogens is 422 g/mol. The van der Waals surface area contributed by atoms with Crippen molar-refractivity contribution >= 4 is 11.8 Å². The fourth-order valence-corrected chi connectivity index (χ4v) is 3.98. The van der Waals surface area contributed by atoms with Gasteiger partial charge in [0, 0.05) is 5.56 Å². The molecule has 2 aromatic carbocycles. The Morgan fingerprint density at radius 3 is 2.45 bits per heavy atom. The van der Waals surface area contributed by atoms with E-state index in [0.29, 0.717) is 22.8 Å². The summed E-state index contributed by atoms with van der Waals surface area (Å²) in [6.07, 6.45) is 4.36. The summed E-state index contributed by atoms with van der Waals surface area (Å²) in [5.74, 6) is 0.728.